The minimum atomic E-state index is -0.304. The average Bonchev–Trinajstić information content (AvgIpc) is 2.59. The molecule has 0 saturated carbocycles. The summed E-state index contributed by atoms with van der Waals surface area (Å²) in [7, 11) is 0. The van der Waals surface area contributed by atoms with E-state index in [-0.39, 0.29) is 5.97 Å². The van der Waals surface area contributed by atoms with E-state index in [0.29, 0.717) is 18.8 Å². The minimum Gasteiger partial charge on any atom is -0.489 e. The van der Waals surface area contributed by atoms with Crippen molar-refractivity contribution in [1.29, 1.82) is 0 Å². The molecule has 0 saturated heterocycles. The van der Waals surface area contributed by atoms with Crippen molar-refractivity contribution in [3.05, 3.63) is 65.2 Å². The van der Waals surface area contributed by atoms with Crippen molar-refractivity contribution < 1.29 is 14.3 Å². The van der Waals surface area contributed by atoms with Gasteiger partial charge in [0.25, 0.3) is 0 Å². The molecule has 0 aliphatic heterocycles. The highest BCUT2D eigenvalue weighted by molar-refractivity contribution is 5.89. The molecule has 0 aliphatic carbocycles. The molecule has 122 valence electrons. The predicted octanol–water partition coefficient (Wildman–Crippen LogP) is 4.78. The van der Waals surface area contributed by atoms with Crippen molar-refractivity contribution in [2.45, 2.75) is 39.7 Å². The fourth-order valence-electron chi connectivity index (χ4n) is 2.25. The maximum Gasteiger partial charge on any atom is 0.338 e. The Hall–Kier alpha value is -2.29. The van der Waals surface area contributed by atoms with E-state index in [2.05, 4.69) is 31.2 Å². The number of aryl methyl sites for hydroxylation is 1. The maximum absolute atomic E-state index is 11.6. The number of carbonyl (C=O) groups excluding carboxylic acids is 1. The monoisotopic (exact) mass is 312 g/mol. The Bertz CT molecular complexity index is 600. The van der Waals surface area contributed by atoms with E-state index in [1.54, 1.807) is 31.2 Å². The van der Waals surface area contributed by atoms with Gasteiger partial charge in [0.2, 0.25) is 0 Å². The molecular formula is C20H24O3. The second-order valence-corrected chi connectivity index (χ2v) is 5.45. The molecule has 0 bridgehead atoms. The van der Waals surface area contributed by atoms with Crippen LogP contribution >= 0.6 is 0 Å². The summed E-state index contributed by atoms with van der Waals surface area (Å²) in [6, 6.07) is 15.6. The summed E-state index contributed by atoms with van der Waals surface area (Å²) >= 11 is 0. The van der Waals surface area contributed by atoms with Gasteiger partial charge in [-0.15, -0.1) is 0 Å². The Kier molecular flexibility index (Phi) is 6.67. The van der Waals surface area contributed by atoms with Crippen LogP contribution in [0.1, 0.15) is 48.2 Å². The topological polar surface area (TPSA) is 35.5 Å². The van der Waals surface area contributed by atoms with E-state index in [9.17, 15) is 4.79 Å². The first-order valence-corrected chi connectivity index (χ1v) is 8.20. The number of benzene rings is 2. The van der Waals surface area contributed by atoms with Crippen LogP contribution in [0, 0.1) is 0 Å². The maximum atomic E-state index is 11.6. The normalized spacial score (nSPS) is 10.3. The molecule has 2 aromatic carbocycles. The highest BCUT2D eigenvalue weighted by Gasteiger charge is 2.06. The highest BCUT2D eigenvalue weighted by Crippen LogP contribution is 2.15. The Morgan fingerprint density at radius 1 is 0.913 bits per heavy atom. The van der Waals surface area contributed by atoms with Crippen LogP contribution in [0.25, 0.3) is 0 Å². The fourth-order valence-corrected chi connectivity index (χ4v) is 2.25. The van der Waals surface area contributed by atoms with Gasteiger partial charge in [-0.05, 0) is 55.2 Å². The molecule has 0 radical (unpaired) electrons. The van der Waals surface area contributed by atoms with E-state index in [4.69, 9.17) is 9.47 Å². The van der Waals surface area contributed by atoms with Gasteiger partial charge >= 0.3 is 5.97 Å². The van der Waals surface area contributed by atoms with E-state index >= 15 is 0 Å². The third-order valence-electron chi connectivity index (χ3n) is 3.61. The van der Waals surface area contributed by atoms with Crippen molar-refractivity contribution in [3.63, 3.8) is 0 Å². The van der Waals surface area contributed by atoms with Gasteiger partial charge in [-0.25, -0.2) is 4.79 Å². The van der Waals surface area contributed by atoms with E-state index in [0.717, 1.165) is 17.7 Å². The first-order chi connectivity index (χ1) is 11.2. The summed E-state index contributed by atoms with van der Waals surface area (Å²) in [4.78, 5) is 11.6. The molecule has 0 spiro atoms. The van der Waals surface area contributed by atoms with Crippen molar-refractivity contribution in [2.24, 2.45) is 0 Å². The molecule has 0 aliphatic rings. The van der Waals surface area contributed by atoms with E-state index in [1.165, 1.54) is 18.4 Å². The lowest BCUT2D eigenvalue weighted by Gasteiger charge is -2.08. The lowest BCUT2D eigenvalue weighted by atomic mass is 10.1. The number of hydrogen-bond donors (Lipinski definition) is 0. The van der Waals surface area contributed by atoms with Gasteiger partial charge < -0.3 is 9.47 Å². The lowest BCUT2D eigenvalue weighted by Crippen LogP contribution is -2.04. The van der Waals surface area contributed by atoms with Crippen molar-refractivity contribution in [1.82, 2.24) is 0 Å². The molecule has 3 nitrogen and oxygen atoms in total. The molecule has 0 atom stereocenters. The van der Waals surface area contributed by atoms with Crippen LogP contribution in [0.3, 0.4) is 0 Å². The van der Waals surface area contributed by atoms with Crippen LogP contribution in [0.2, 0.25) is 0 Å². The zero-order valence-electron chi connectivity index (χ0n) is 13.9. The van der Waals surface area contributed by atoms with Crippen LogP contribution in [0.15, 0.2) is 48.5 Å². The quantitative estimate of drug-likeness (QED) is 0.658. The molecule has 2 aromatic rings. The summed E-state index contributed by atoms with van der Waals surface area (Å²) in [5, 5.41) is 0. The van der Waals surface area contributed by atoms with Crippen LogP contribution in [0.4, 0.5) is 0 Å². The first kappa shape index (κ1) is 17.1. The van der Waals surface area contributed by atoms with Gasteiger partial charge in [0.1, 0.15) is 12.4 Å². The number of rotatable bonds is 8. The molecule has 0 fully saturated rings. The second-order valence-electron chi connectivity index (χ2n) is 5.45. The van der Waals surface area contributed by atoms with Crippen molar-refractivity contribution in [3.8, 4) is 5.75 Å². The molecule has 0 N–H and O–H groups in total. The van der Waals surface area contributed by atoms with Crippen molar-refractivity contribution in [2.75, 3.05) is 6.61 Å². The number of esters is 1. The predicted molar refractivity (Wildman–Crippen MR) is 91.8 cm³/mol. The van der Waals surface area contributed by atoms with Crippen molar-refractivity contribution >= 4 is 5.97 Å². The zero-order valence-corrected chi connectivity index (χ0v) is 13.9. The highest BCUT2D eigenvalue weighted by atomic mass is 16.5. The number of carbonyl (C=O) groups is 1. The average molecular weight is 312 g/mol. The van der Waals surface area contributed by atoms with Gasteiger partial charge in [-0.3, -0.25) is 0 Å². The molecule has 2 rings (SSSR count). The summed E-state index contributed by atoms with van der Waals surface area (Å²) in [6.07, 6.45) is 3.57. The van der Waals surface area contributed by atoms with Gasteiger partial charge in [0.05, 0.1) is 12.2 Å². The fraction of sp³-hybridized carbons (Fsp3) is 0.350. The van der Waals surface area contributed by atoms with Gasteiger partial charge in [0.15, 0.2) is 0 Å². The Balaban J connectivity index is 1.86. The Labute approximate surface area is 138 Å². The number of hydrogen-bond acceptors (Lipinski definition) is 3. The molecule has 23 heavy (non-hydrogen) atoms. The second kappa shape index (κ2) is 8.99. The third-order valence-corrected chi connectivity index (χ3v) is 3.61. The first-order valence-electron chi connectivity index (χ1n) is 8.20. The van der Waals surface area contributed by atoms with Gasteiger partial charge in [-0.2, -0.15) is 0 Å². The molecule has 3 heteroatoms. The standard InChI is InChI=1S/C20H24O3/c1-3-5-6-16-7-9-17(10-8-16)15-23-19-13-11-18(12-14-19)20(21)22-4-2/h7-14H,3-6,15H2,1-2H3. The largest absolute Gasteiger partial charge is 0.489 e. The molecular weight excluding hydrogens is 288 g/mol. The Morgan fingerprint density at radius 3 is 2.17 bits per heavy atom. The molecule has 0 amide bonds. The molecule has 0 unspecified atom stereocenters. The van der Waals surface area contributed by atoms with Crippen LogP contribution < -0.4 is 4.74 Å². The third kappa shape index (κ3) is 5.44. The molecule has 0 heterocycles. The zero-order chi connectivity index (χ0) is 16.5. The van der Waals surface area contributed by atoms with E-state index < -0.39 is 0 Å². The van der Waals surface area contributed by atoms with Crippen LogP contribution in [0.5, 0.6) is 5.75 Å². The molecule has 0 aromatic heterocycles. The van der Waals surface area contributed by atoms with E-state index in [1.807, 2.05) is 0 Å². The Morgan fingerprint density at radius 2 is 1.57 bits per heavy atom. The smallest absolute Gasteiger partial charge is 0.338 e. The summed E-state index contributed by atoms with van der Waals surface area (Å²) in [5.74, 6) is 0.440. The van der Waals surface area contributed by atoms with Crippen LogP contribution in [-0.2, 0) is 17.8 Å². The SMILES string of the molecule is CCCCc1ccc(COc2ccc(C(=O)OCC)cc2)cc1. The number of ether oxygens (including phenoxy) is 2. The summed E-state index contributed by atoms with van der Waals surface area (Å²) < 4.78 is 10.7. The van der Waals surface area contributed by atoms with Gasteiger partial charge in [0, 0.05) is 0 Å². The van der Waals surface area contributed by atoms with Crippen LogP contribution in [-0.4, -0.2) is 12.6 Å². The van der Waals surface area contributed by atoms with Gasteiger partial charge in [-0.1, -0.05) is 37.6 Å². The lowest BCUT2D eigenvalue weighted by molar-refractivity contribution is 0.0526. The summed E-state index contributed by atoms with van der Waals surface area (Å²) in [5.41, 5.74) is 3.05. The minimum absolute atomic E-state index is 0.304. The number of unbranched alkanes of at least 4 members (excludes halogenated alkanes) is 1. The summed E-state index contributed by atoms with van der Waals surface area (Å²) in [6.45, 7) is 4.90.